The van der Waals surface area contributed by atoms with Crippen LogP contribution in [0, 0.1) is 13.8 Å². The van der Waals surface area contributed by atoms with Crippen LogP contribution in [-0.4, -0.2) is 23.1 Å². The monoisotopic (exact) mass is 437 g/mol. The topological polar surface area (TPSA) is 76.4 Å². The van der Waals surface area contributed by atoms with Gasteiger partial charge in [0.2, 0.25) is 0 Å². The number of amides is 1. The molecule has 30 heavy (non-hydrogen) atoms. The molecular formula is C22H19N3O3S2. The van der Waals surface area contributed by atoms with Crippen LogP contribution < -0.4 is 15.4 Å². The van der Waals surface area contributed by atoms with E-state index in [1.807, 2.05) is 43.3 Å². The van der Waals surface area contributed by atoms with Crippen LogP contribution in [0.4, 0.5) is 5.13 Å². The minimum Gasteiger partial charge on any atom is -0.497 e. The number of benzene rings is 2. The molecule has 0 aliphatic heterocycles. The minimum atomic E-state index is -0.426. The van der Waals surface area contributed by atoms with E-state index in [0.717, 1.165) is 27.1 Å². The molecule has 0 unspecified atom stereocenters. The van der Waals surface area contributed by atoms with Gasteiger partial charge in [-0.05, 0) is 73.6 Å². The highest BCUT2D eigenvalue weighted by atomic mass is 32.1. The standard InChI is InChI=1S/C22H19N3O3S2/c1-12-4-5-14(10-13(12)2)17-8-9-18(28-17)20(26)24-21(29)25-22-23-16-7-6-15(27-3)11-19(16)30-22/h4-11H,1-3H3,(H2,23,24,25,26,29). The molecule has 0 saturated carbocycles. The van der Waals surface area contributed by atoms with Gasteiger partial charge in [0.1, 0.15) is 11.5 Å². The van der Waals surface area contributed by atoms with E-state index < -0.39 is 5.91 Å². The van der Waals surface area contributed by atoms with E-state index in [-0.39, 0.29) is 10.9 Å². The number of nitrogens with zero attached hydrogens (tertiary/aromatic N) is 1. The summed E-state index contributed by atoms with van der Waals surface area (Å²) in [5.74, 6) is 1.14. The summed E-state index contributed by atoms with van der Waals surface area (Å²) in [6.45, 7) is 4.09. The molecule has 0 aliphatic rings. The quantitative estimate of drug-likeness (QED) is 0.422. The molecule has 0 fully saturated rings. The van der Waals surface area contributed by atoms with E-state index in [2.05, 4.69) is 22.5 Å². The van der Waals surface area contributed by atoms with Crippen LogP contribution in [0.1, 0.15) is 21.7 Å². The highest BCUT2D eigenvalue weighted by molar-refractivity contribution is 7.80. The van der Waals surface area contributed by atoms with Gasteiger partial charge in [-0.2, -0.15) is 0 Å². The zero-order chi connectivity index (χ0) is 21.3. The highest BCUT2D eigenvalue weighted by Crippen LogP contribution is 2.29. The Morgan fingerprint density at radius 1 is 1.10 bits per heavy atom. The molecule has 0 atom stereocenters. The third-order valence-electron chi connectivity index (χ3n) is 4.66. The second kappa shape index (κ2) is 8.25. The molecule has 2 aromatic heterocycles. The van der Waals surface area contributed by atoms with Crippen molar-refractivity contribution in [3.8, 4) is 17.1 Å². The zero-order valence-electron chi connectivity index (χ0n) is 16.6. The number of rotatable bonds is 4. The molecule has 2 aromatic carbocycles. The van der Waals surface area contributed by atoms with E-state index in [4.69, 9.17) is 21.4 Å². The second-order valence-corrected chi connectivity index (χ2v) is 8.16. The predicted octanol–water partition coefficient (Wildman–Crippen LogP) is 5.31. The Balaban J connectivity index is 1.43. The molecular weight excluding hydrogens is 418 g/mol. The average Bonchev–Trinajstić information content (AvgIpc) is 3.36. The van der Waals surface area contributed by atoms with Gasteiger partial charge in [0, 0.05) is 5.56 Å². The molecule has 0 aliphatic carbocycles. The van der Waals surface area contributed by atoms with E-state index in [1.165, 1.54) is 16.9 Å². The average molecular weight is 438 g/mol. The van der Waals surface area contributed by atoms with Crippen LogP contribution >= 0.6 is 23.6 Å². The zero-order valence-corrected chi connectivity index (χ0v) is 18.2. The number of aryl methyl sites for hydroxylation is 2. The molecule has 0 bridgehead atoms. The van der Waals surface area contributed by atoms with Crippen LogP contribution in [0.5, 0.6) is 5.75 Å². The predicted molar refractivity (Wildman–Crippen MR) is 123 cm³/mol. The lowest BCUT2D eigenvalue weighted by Crippen LogP contribution is -2.33. The number of hydrogen-bond acceptors (Lipinski definition) is 6. The number of aromatic nitrogens is 1. The number of methoxy groups -OCH3 is 1. The summed E-state index contributed by atoms with van der Waals surface area (Å²) in [7, 11) is 1.62. The normalized spacial score (nSPS) is 10.8. The highest BCUT2D eigenvalue weighted by Gasteiger charge is 2.15. The molecule has 0 saturated heterocycles. The number of thiocarbonyl (C=S) groups is 1. The lowest BCUT2D eigenvalue weighted by molar-refractivity contribution is 0.0951. The van der Waals surface area contributed by atoms with Gasteiger partial charge < -0.3 is 14.5 Å². The Morgan fingerprint density at radius 2 is 1.93 bits per heavy atom. The number of ether oxygens (including phenoxy) is 1. The first-order valence-electron chi connectivity index (χ1n) is 9.17. The van der Waals surface area contributed by atoms with Crippen molar-refractivity contribution < 1.29 is 13.9 Å². The van der Waals surface area contributed by atoms with E-state index in [1.54, 1.807) is 19.2 Å². The number of carbonyl (C=O) groups is 1. The summed E-state index contributed by atoms with van der Waals surface area (Å²) in [4.78, 5) is 17.0. The van der Waals surface area contributed by atoms with Crippen molar-refractivity contribution in [1.82, 2.24) is 10.3 Å². The fraction of sp³-hybridized carbons (Fsp3) is 0.136. The molecule has 0 spiro atoms. The summed E-state index contributed by atoms with van der Waals surface area (Å²) >= 11 is 6.67. The SMILES string of the molecule is COc1ccc2nc(NC(=S)NC(=O)c3ccc(-c4ccc(C)c(C)c4)o3)sc2c1. The van der Waals surface area contributed by atoms with Gasteiger partial charge in [0.25, 0.3) is 5.91 Å². The van der Waals surface area contributed by atoms with Crippen LogP contribution in [0.3, 0.4) is 0 Å². The number of nitrogens with one attached hydrogen (secondary N) is 2. The maximum Gasteiger partial charge on any atom is 0.293 e. The van der Waals surface area contributed by atoms with Crippen LogP contribution in [-0.2, 0) is 0 Å². The molecule has 152 valence electrons. The van der Waals surface area contributed by atoms with Gasteiger partial charge in [-0.1, -0.05) is 23.5 Å². The van der Waals surface area contributed by atoms with Gasteiger partial charge in [-0.15, -0.1) is 0 Å². The third kappa shape index (κ3) is 4.19. The fourth-order valence-corrected chi connectivity index (χ4v) is 4.04. The van der Waals surface area contributed by atoms with Crippen molar-refractivity contribution in [3.05, 3.63) is 65.4 Å². The largest absolute Gasteiger partial charge is 0.497 e. The third-order valence-corrected chi connectivity index (χ3v) is 5.80. The van der Waals surface area contributed by atoms with Gasteiger partial charge in [0.15, 0.2) is 16.0 Å². The molecule has 4 rings (SSSR count). The molecule has 8 heteroatoms. The first kappa shape index (κ1) is 20.1. The van der Waals surface area contributed by atoms with Crippen molar-refractivity contribution in [2.75, 3.05) is 12.4 Å². The molecule has 1 amide bonds. The van der Waals surface area contributed by atoms with Gasteiger partial charge in [0.05, 0.1) is 17.3 Å². The Morgan fingerprint density at radius 3 is 2.70 bits per heavy atom. The maximum atomic E-state index is 12.5. The van der Waals surface area contributed by atoms with Crippen molar-refractivity contribution in [1.29, 1.82) is 0 Å². The molecule has 2 heterocycles. The van der Waals surface area contributed by atoms with Gasteiger partial charge >= 0.3 is 0 Å². The lowest BCUT2D eigenvalue weighted by atomic mass is 10.1. The van der Waals surface area contributed by atoms with Crippen molar-refractivity contribution in [2.45, 2.75) is 13.8 Å². The Kier molecular flexibility index (Phi) is 5.52. The summed E-state index contributed by atoms with van der Waals surface area (Å²) in [5, 5.41) is 6.30. The first-order valence-corrected chi connectivity index (χ1v) is 10.4. The van der Waals surface area contributed by atoms with E-state index >= 15 is 0 Å². The number of anilines is 1. The number of hydrogen-bond donors (Lipinski definition) is 2. The first-order chi connectivity index (χ1) is 14.4. The van der Waals surface area contributed by atoms with Crippen LogP contribution in [0.15, 0.2) is 52.9 Å². The number of thiazole rings is 1. The number of fused-ring (bicyclic) bond motifs is 1. The molecule has 4 aromatic rings. The fourth-order valence-electron chi connectivity index (χ4n) is 2.89. The van der Waals surface area contributed by atoms with Crippen LogP contribution in [0.25, 0.3) is 21.5 Å². The van der Waals surface area contributed by atoms with Crippen molar-refractivity contribution in [3.63, 3.8) is 0 Å². The summed E-state index contributed by atoms with van der Waals surface area (Å²) in [5.41, 5.74) is 4.10. The van der Waals surface area contributed by atoms with Crippen molar-refractivity contribution >= 4 is 49.9 Å². The number of furan rings is 1. The van der Waals surface area contributed by atoms with Crippen LogP contribution in [0.2, 0.25) is 0 Å². The van der Waals surface area contributed by atoms with Crippen molar-refractivity contribution in [2.24, 2.45) is 0 Å². The maximum absolute atomic E-state index is 12.5. The molecule has 2 N–H and O–H groups in total. The Bertz CT molecular complexity index is 1260. The second-order valence-electron chi connectivity index (χ2n) is 6.72. The minimum absolute atomic E-state index is 0.148. The summed E-state index contributed by atoms with van der Waals surface area (Å²) in [6, 6.07) is 15.0. The Labute approximate surface area is 182 Å². The molecule has 0 radical (unpaired) electrons. The number of carbonyl (C=O) groups excluding carboxylic acids is 1. The smallest absolute Gasteiger partial charge is 0.293 e. The summed E-state index contributed by atoms with van der Waals surface area (Å²) in [6.07, 6.45) is 0. The van der Waals surface area contributed by atoms with Gasteiger partial charge in [-0.25, -0.2) is 4.98 Å². The van der Waals surface area contributed by atoms with Gasteiger partial charge in [-0.3, -0.25) is 10.1 Å². The lowest BCUT2D eigenvalue weighted by Gasteiger charge is -2.05. The van der Waals surface area contributed by atoms with E-state index in [9.17, 15) is 4.79 Å². The summed E-state index contributed by atoms with van der Waals surface area (Å²) < 4.78 is 11.9. The van der Waals surface area contributed by atoms with E-state index in [0.29, 0.717) is 10.9 Å². The Hall–Kier alpha value is -3.23. The molecule has 6 nitrogen and oxygen atoms in total.